The third-order valence-electron chi connectivity index (χ3n) is 3.73. The summed E-state index contributed by atoms with van der Waals surface area (Å²) in [6.07, 6.45) is 4.87. The second-order valence-corrected chi connectivity index (χ2v) is 6.57. The fraction of sp³-hybridized carbons (Fsp3) is 0.769. The lowest BCUT2D eigenvalue weighted by Crippen LogP contribution is -2.43. The molecule has 2 rings (SSSR count). The molecule has 0 aromatic heterocycles. The average Bonchev–Trinajstić information content (AvgIpc) is 2.65. The van der Waals surface area contributed by atoms with E-state index < -0.39 is 0 Å². The largest absolute Gasteiger partial charge is 0.405 e. The van der Waals surface area contributed by atoms with Crippen molar-refractivity contribution >= 4 is 17.5 Å². The van der Waals surface area contributed by atoms with Crippen LogP contribution in [0.5, 0.6) is 0 Å². The molecular formula is C13H23N3S. The Morgan fingerprint density at radius 3 is 2.94 bits per heavy atom. The smallest absolute Gasteiger partial charge is 0.0503 e. The summed E-state index contributed by atoms with van der Waals surface area (Å²) >= 11 is 2.08. The topological polar surface area (TPSA) is 41.6 Å². The molecule has 1 spiro atoms. The Morgan fingerprint density at radius 2 is 2.35 bits per heavy atom. The summed E-state index contributed by atoms with van der Waals surface area (Å²) in [5.74, 6) is 2.56. The van der Waals surface area contributed by atoms with Gasteiger partial charge < -0.3 is 5.73 Å². The van der Waals surface area contributed by atoms with Crippen LogP contribution in [-0.4, -0.2) is 47.8 Å². The van der Waals surface area contributed by atoms with E-state index in [0.717, 1.165) is 18.8 Å². The first-order valence-corrected chi connectivity index (χ1v) is 7.54. The summed E-state index contributed by atoms with van der Waals surface area (Å²) in [5.41, 5.74) is 7.04. The van der Waals surface area contributed by atoms with Gasteiger partial charge in [0.25, 0.3) is 0 Å². The number of thioether (sulfide) groups is 1. The quantitative estimate of drug-likeness (QED) is 0.815. The van der Waals surface area contributed by atoms with Gasteiger partial charge >= 0.3 is 0 Å². The van der Waals surface area contributed by atoms with E-state index in [4.69, 9.17) is 10.7 Å². The number of aliphatic imine (C=N–C) groups is 1. The van der Waals surface area contributed by atoms with E-state index in [1.54, 1.807) is 6.20 Å². The molecule has 0 aliphatic carbocycles. The Hall–Kier alpha value is -0.480. The van der Waals surface area contributed by atoms with Crippen molar-refractivity contribution in [3.05, 3.63) is 12.3 Å². The molecule has 4 heteroatoms. The van der Waals surface area contributed by atoms with E-state index >= 15 is 0 Å². The van der Waals surface area contributed by atoms with Crippen molar-refractivity contribution in [3.8, 4) is 0 Å². The maximum absolute atomic E-state index is 5.49. The zero-order chi connectivity index (χ0) is 12.3. The Bertz CT molecular complexity index is 317. The molecule has 2 aliphatic heterocycles. The van der Waals surface area contributed by atoms with Gasteiger partial charge in [0.05, 0.1) is 5.71 Å². The first-order valence-electron chi connectivity index (χ1n) is 6.39. The van der Waals surface area contributed by atoms with Crippen molar-refractivity contribution in [1.29, 1.82) is 0 Å². The van der Waals surface area contributed by atoms with Crippen molar-refractivity contribution in [2.75, 3.05) is 31.1 Å². The monoisotopic (exact) mass is 253 g/mol. The van der Waals surface area contributed by atoms with Gasteiger partial charge in [0, 0.05) is 36.8 Å². The van der Waals surface area contributed by atoms with E-state index in [1.165, 1.54) is 24.5 Å². The van der Waals surface area contributed by atoms with Gasteiger partial charge in [-0.05, 0) is 38.3 Å². The zero-order valence-electron chi connectivity index (χ0n) is 10.9. The van der Waals surface area contributed by atoms with E-state index in [9.17, 15) is 0 Å². The lowest BCUT2D eigenvalue weighted by Gasteiger charge is -2.33. The molecule has 0 bridgehead atoms. The molecule has 2 N–H and O–H groups in total. The van der Waals surface area contributed by atoms with E-state index in [2.05, 4.69) is 30.5 Å². The molecule has 96 valence electrons. The van der Waals surface area contributed by atoms with Crippen LogP contribution in [0.2, 0.25) is 0 Å². The first kappa shape index (κ1) is 13.0. The molecule has 0 saturated carbocycles. The summed E-state index contributed by atoms with van der Waals surface area (Å²) in [7, 11) is 0. The highest BCUT2D eigenvalue weighted by Crippen LogP contribution is 2.38. The van der Waals surface area contributed by atoms with Gasteiger partial charge in [0.2, 0.25) is 0 Å². The number of hydrogen-bond acceptors (Lipinski definition) is 4. The van der Waals surface area contributed by atoms with Gasteiger partial charge in [-0.3, -0.25) is 9.89 Å². The van der Waals surface area contributed by atoms with E-state index in [-0.39, 0.29) is 0 Å². The van der Waals surface area contributed by atoms with E-state index in [1.807, 2.05) is 6.08 Å². The molecule has 0 amide bonds. The molecule has 2 heterocycles. The Labute approximate surface area is 109 Å². The van der Waals surface area contributed by atoms with Crippen LogP contribution in [0.15, 0.2) is 17.3 Å². The standard InChI is InChI=1S/C13H23N3S/c1-11(2)16-7-12(3-5-14)15-8-13(9-16)4-6-17-10-13/h3,5,11H,4,6-10,14H2,1-2H3/b5-3-. The van der Waals surface area contributed by atoms with E-state index in [0.29, 0.717) is 11.5 Å². The SMILES string of the molecule is CC(C)N1CC(/C=C\N)=NCC2(CCSC2)C1. The molecule has 2 aliphatic rings. The summed E-state index contributed by atoms with van der Waals surface area (Å²) in [6.45, 7) is 7.64. The van der Waals surface area contributed by atoms with Crippen molar-refractivity contribution in [2.24, 2.45) is 16.1 Å². The van der Waals surface area contributed by atoms with Crippen molar-refractivity contribution in [3.63, 3.8) is 0 Å². The fourth-order valence-electron chi connectivity index (χ4n) is 2.54. The maximum atomic E-state index is 5.49. The van der Waals surface area contributed by atoms with Gasteiger partial charge in [-0.1, -0.05) is 0 Å². The molecule has 1 fully saturated rings. The van der Waals surface area contributed by atoms with Crippen LogP contribution in [0.25, 0.3) is 0 Å². The second kappa shape index (κ2) is 5.44. The predicted molar refractivity (Wildman–Crippen MR) is 76.7 cm³/mol. The third-order valence-corrected chi connectivity index (χ3v) is 5.03. The van der Waals surface area contributed by atoms with Crippen LogP contribution in [0.4, 0.5) is 0 Å². The molecule has 1 saturated heterocycles. The second-order valence-electron chi connectivity index (χ2n) is 5.47. The van der Waals surface area contributed by atoms with Gasteiger partial charge in [0.1, 0.15) is 0 Å². The molecule has 0 aromatic rings. The summed E-state index contributed by atoms with van der Waals surface area (Å²) in [5, 5.41) is 0. The normalized spacial score (nSPS) is 31.4. The summed E-state index contributed by atoms with van der Waals surface area (Å²) in [6, 6.07) is 0.576. The molecule has 1 atom stereocenters. The lowest BCUT2D eigenvalue weighted by atomic mass is 9.87. The third kappa shape index (κ3) is 3.05. The van der Waals surface area contributed by atoms with Gasteiger partial charge in [-0.25, -0.2) is 0 Å². The summed E-state index contributed by atoms with van der Waals surface area (Å²) in [4.78, 5) is 7.32. The van der Waals surface area contributed by atoms with Crippen LogP contribution in [0.3, 0.4) is 0 Å². The average molecular weight is 253 g/mol. The molecule has 3 nitrogen and oxygen atoms in total. The molecule has 0 aromatic carbocycles. The molecule has 0 radical (unpaired) electrons. The van der Waals surface area contributed by atoms with Crippen molar-refractivity contribution in [2.45, 2.75) is 26.3 Å². The maximum Gasteiger partial charge on any atom is 0.0503 e. The molecule has 1 unspecified atom stereocenters. The first-order chi connectivity index (χ1) is 8.15. The van der Waals surface area contributed by atoms with Crippen LogP contribution >= 0.6 is 11.8 Å². The predicted octanol–water partition coefficient (Wildman–Crippen LogP) is 1.75. The Balaban J connectivity index is 2.18. The van der Waals surface area contributed by atoms with Crippen LogP contribution in [-0.2, 0) is 0 Å². The van der Waals surface area contributed by atoms with Gasteiger partial charge in [-0.15, -0.1) is 0 Å². The highest BCUT2D eigenvalue weighted by atomic mass is 32.2. The number of nitrogens with zero attached hydrogens (tertiary/aromatic N) is 2. The highest BCUT2D eigenvalue weighted by Gasteiger charge is 2.38. The minimum Gasteiger partial charge on any atom is -0.405 e. The van der Waals surface area contributed by atoms with Gasteiger partial charge in [-0.2, -0.15) is 11.8 Å². The van der Waals surface area contributed by atoms with Crippen LogP contribution in [0, 0.1) is 5.41 Å². The highest BCUT2D eigenvalue weighted by molar-refractivity contribution is 7.99. The van der Waals surface area contributed by atoms with Crippen LogP contribution in [0.1, 0.15) is 20.3 Å². The molecule has 17 heavy (non-hydrogen) atoms. The minimum absolute atomic E-state index is 0.416. The number of rotatable bonds is 2. The van der Waals surface area contributed by atoms with Crippen molar-refractivity contribution in [1.82, 2.24) is 4.90 Å². The number of nitrogens with two attached hydrogens (primary N) is 1. The number of hydrogen-bond donors (Lipinski definition) is 1. The minimum atomic E-state index is 0.416. The lowest BCUT2D eigenvalue weighted by molar-refractivity contribution is 0.168. The zero-order valence-corrected chi connectivity index (χ0v) is 11.7. The summed E-state index contributed by atoms with van der Waals surface area (Å²) < 4.78 is 0. The Kier molecular flexibility index (Phi) is 4.15. The molecular weight excluding hydrogens is 230 g/mol. The Morgan fingerprint density at radius 1 is 1.53 bits per heavy atom. The fourth-order valence-corrected chi connectivity index (χ4v) is 4.03. The van der Waals surface area contributed by atoms with Crippen LogP contribution < -0.4 is 5.73 Å². The van der Waals surface area contributed by atoms with Gasteiger partial charge in [0.15, 0.2) is 0 Å². The van der Waals surface area contributed by atoms with Crippen molar-refractivity contribution < 1.29 is 0 Å².